The van der Waals surface area contributed by atoms with Crippen LogP contribution in [0.15, 0.2) is 52.0 Å². The normalized spacial score (nSPS) is 9.88. The fourth-order valence-corrected chi connectivity index (χ4v) is 1.87. The third-order valence-corrected chi connectivity index (χ3v) is 4.18. The fraction of sp³-hybridized carbons (Fsp3) is 0.429. The third kappa shape index (κ3) is 6.15. The van der Waals surface area contributed by atoms with Crippen LogP contribution in [0.25, 0.3) is 0 Å². The Bertz CT molecular complexity index is 571. The highest BCUT2D eigenvalue weighted by atomic mass is 14.9. The molecule has 1 aromatic carbocycles. The van der Waals surface area contributed by atoms with Gasteiger partial charge in [0.05, 0.1) is 0 Å². The van der Waals surface area contributed by atoms with Gasteiger partial charge >= 0.3 is 0 Å². The van der Waals surface area contributed by atoms with Gasteiger partial charge in [0.15, 0.2) is 0 Å². The lowest BCUT2D eigenvalue weighted by atomic mass is 10.2. The molecule has 0 fully saturated rings. The Morgan fingerprint density at radius 2 is 0.667 bits per heavy atom. The summed E-state index contributed by atoms with van der Waals surface area (Å²) in [5.41, 5.74) is 10.6. The average Bonchev–Trinajstić information content (AvgIpc) is 2.46. The van der Waals surface area contributed by atoms with Crippen LogP contribution in [0.4, 0.5) is 17.1 Å². The van der Waals surface area contributed by atoms with Crippen LogP contribution in [0.3, 0.4) is 0 Å². The molecular formula is C21H33N3. The van der Waals surface area contributed by atoms with Gasteiger partial charge in [0.2, 0.25) is 0 Å². The summed E-state index contributed by atoms with van der Waals surface area (Å²) >= 11 is 0. The van der Waals surface area contributed by atoms with E-state index in [1.54, 1.807) is 0 Å². The van der Waals surface area contributed by atoms with Gasteiger partial charge in [0.25, 0.3) is 0 Å². The van der Waals surface area contributed by atoms with Crippen LogP contribution < -0.4 is 16.0 Å². The van der Waals surface area contributed by atoms with E-state index in [2.05, 4.69) is 96.5 Å². The van der Waals surface area contributed by atoms with Gasteiger partial charge in [-0.2, -0.15) is 0 Å². The number of benzene rings is 1. The van der Waals surface area contributed by atoms with Crippen LogP contribution in [-0.2, 0) is 0 Å². The van der Waals surface area contributed by atoms with Crippen LogP contribution in [-0.4, -0.2) is 0 Å². The van der Waals surface area contributed by atoms with Crippen LogP contribution in [0, 0.1) is 0 Å². The van der Waals surface area contributed by atoms with Crippen LogP contribution in [0.1, 0.15) is 62.3 Å². The van der Waals surface area contributed by atoms with Crippen molar-refractivity contribution in [3.05, 3.63) is 52.0 Å². The molecule has 3 heteroatoms. The van der Waals surface area contributed by atoms with Crippen LogP contribution in [0.2, 0.25) is 0 Å². The number of hydrogen-bond acceptors (Lipinski definition) is 3. The highest BCUT2D eigenvalue weighted by Gasteiger charge is 2.04. The maximum Gasteiger partial charge on any atom is 0.0423 e. The molecule has 3 nitrogen and oxygen atoms in total. The Balaban J connectivity index is 3.26. The van der Waals surface area contributed by atoms with Crippen molar-refractivity contribution < 1.29 is 0 Å². The van der Waals surface area contributed by atoms with E-state index in [-0.39, 0.29) is 0 Å². The fourth-order valence-electron chi connectivity index (χ4n) is 1.87. The minimum Gasteiger partial charge on any atom is -0.359 e. The molecule has 3 N–H and O–H groups in total. The summed E-state index contributed by atoms with van der Waals surface area (Å²) in [6, 6.07) is 6.42. The zero-order chi connectivity index (χ0) is 18.4. The van der Waals surface area contributed by atoms with Crippen molar-refractivity contribution in [2.24, 2.45) is 0 Å². The Labute approximate surface area is 147 Å². The lowest BCUT2D eigenvalue weighted by Crippen LogP contribution is -2.04. The average molecular weight is 328 g/mol. The Hall–Kier alpha value is -2.16. The second-order valence-corrected chi connectivity index (χ2v) is 7.05. The van der Waals surface area contributed by atoms with Crippen molar-refractivity contribution in [3.63, 3.8) is 0 Å². The topological polar surface area (TPSA) is 36.1 Å². The molecule has 0 atom stereocenters. The summed E-state index contributed by atoms with van der Waals surface area (Å²) in [4.78, 5) is 0. The molecule has 0 heterocycles. The molecule has 0 spiro atoms. The van der Waals surface area contributed by atoms with Gasteiger partial charge in [-0.15, -0.1) is 0 Å². The molecule has 0 bridgehead atoms. The van der Waals surface area contributed by atoms with E-state index in [9.17, 15) is 0 Å². The van der Waals surface area contributed by atoms with Gasteiger partial charge in [-0.05, 0) is 80.5 Å². The minimum atomic E-state index is 1.07. The molecular weight excluding hydrogens is 294 g/mol. The predicted molar refractivity (Wildman–Crippen MR) is 109 cm³/mol. The minimum absolute atomic E-state index is 1.07. The number of hydrogen-bond donors (Lipinski definition) is 3. The molecule has 132 valence electrons. The van der Waals surface area contributed by atoms with Crippen molar-refractivity contribution in [2.45, 2.75) is 62.3 Å². The van der Waals surface area contributed by atoms with Gasteiger partial charge < -0.3 is 16.0 Å². The summed E-state index contributed by atoms with van der Waals surface area (Å²) in [5.74, 6) is 0. The molecule has 0 radical (unpaired) electrons. The number of nitrogens with one attached hydrogen (secondary N) is 3. The van der Waals surface area contributed by atoms with Crippen molar-refractivity contribution in [2.75, 3.05) is 16.0 Å². The SMILES string of the molecule is CC(C)=C(C)Nc1cc(NC(C)=C(C)C)cc(NC(C)=C(C)C)c1. The first-order valence-electron chi connectivity index (χ1n) is 8.48. The van der Waals surface area contributed by atoms with Crippen molar-refractivity contribution in [3.8, 4) is 0 Å². The van der Waals surface area contributed by atoms with E-state index in [0.29, 0.717) is 0 Å². The van der Waals surface area contributed by atoms with E-state index in [1.165, 1.54) is 33.8 Å². The first-order chi connectivity index (χ1) is 11.1. The summed E-state index contributed by atoms with van der Waals surface area (Å²) in [7, 11) is 0. The molecule has 0 aliphatic heterocycles. The second kappa shape index (κ2) is 8.62. The molecule has 1 aromatic rings. The van der Waals surface area contributed by atoms with Crippen LogP contribution in [0.5, 0.6) is 0 Å². The Morgan fingerprint density at radius 1 is 0.458 bits per heavy atom. The van der Waals surface area contributed by atoms with Gasteiger partial charge in [0, 0.05) is 34.2 Å². The largest absolute Gasteiger partial charge is 0.359 e. The lowest BCUT2D eigenvalue weighted by molar-refractivity contribution is 1.21. The van der Waals surface area contributed by atoms with E-state index < -0.39 is 0 Å². The number of rotatable bonds is 6. The molecule has 0 aromatic heterocycles. The van der Waals surface area contributed by atoms with E-state index >= 15 is 0 Å². The zero-order valence-electron chi connectivity index (χ0n) is 16.7. The first kappa shape index (κ1) is 19.9. The molecule has 24 heavy (non-hydrogen) atoms. The number of anilines is 3. The summed E-state index contributed by atoms with van der Waals surface area (Å²) in [6.07, 6.45) is 0. The maximum atomic E-state index is 3.49. The predicted octanol–water partition coefficient (Wildman–Crippen LogP) is 6.86. The molecule has 1 rings (SSSR count). The quantitative estimate of drug-likeness (QED) is 0.534. The van der Waals surface area contributed by atoms with Crippen molar-refractivity contribution in [1.29, 1.82) is 0 Å². The third-order valence-electron chi connectivity index (χ3n) is 4.18. The molecule has 0 amide bonds. The summed E-state index contributed by atoms with van der Waals surface area (Å²) in [5, 5.41) is 10.5. The standard InChI is InChI=1S/C21H33N3/c1-13(2)16(7)22-19-10-20(23-17(8)14(3)4)12-21(11-19)24-18(9)15(5)6/h10-12,22-24H,1-9H3. The monoisotopic (exact) mass is 327 g/mol. The highest BCUT2D eigenvalue weighted by Crippen LogP contribution is 2.27. The van der Waals surface area contributed by atoms with E-state index in [0.717, 1.165) is 17.1 Å². The van der Waals surface area contributed by atoms with Crippen molar-refractivity contribution >= 4 is 17.1 Å². The molecule has 0 aliphatic carbocycles. The second-order valence-electron chi connectivity index (χ2n) is 7.05. The first-order valence-corrected chi connectivity index (χ1v) is 8.48. The Kier molecular flexibility index (Phi) is 7.15. The van der Waals surface area contributed by atoms with E-state index in [1.807, 2.05) is 0 Å². The smallest absolute Gasteiger partial charge is 0.0423 e. The van der Waals surface area contributed by atoms with Crippen LogP contribution >= 0.6 is 0 Å². The summed E-state index contributed by atoms with van der Waals surface area (Å²) in [6.45, 7) is 19.0. The van der Waals surface area contributed by atoms with Gasteiger partial charge in [0.1, 0.15) is 0 Å². The molecule has 0 aliphatic rings. The number of allylic oxidation sites excluding steroid dienone is 6. The summed E-state index contributed by atoms with van der Waals surface area (Å²) < 4.78 is 0. The van der Waals surface area contributed by atoms with Gasteiger partial charge in [-0.1, -0.05) is 16.7 Å². The molecule has 0 saturated carbocycles. The van der Waals surface area contributed by atoms with Gasteiger partial charge in [-0.3, -0.25) is 0 Å². The highest BCUT2D eigenvalue weighted by molar-refractivity contribution is 5.70. The maximum absolute atomic E-state index is 3.49. The van der Waals surface area contributed by atoms with Crippen molar-refractivity contribution in [1.82, 2.24) is 0 Å². The lowest BCUT2D eigenvalue weighted by Gasteiger charge is -2.17. The molecule has 0 saturated heterocycles. The van der Waals surface area contributed by atoms with Gasteiger partial charge in [-0.25, -0.2) is 0 Å². The Morgan fingerprint density at radius 3 is 0.833 bits per heavy atom. The molecule has 0 unspecified atom stereocenters. The zero-order valence-corrected chi connectivity index (χ0v) is 16.7. The van der Waals surface area contributed by atoms with E-state index in [4.69, 9.17) is 0 Å².